The van der Waals surface area contributed by atoms with E-state index in [1.54, 1.807) is 0 Å². The molecule has 0 spiro atoms. The van der Waals surface area contributed by atoms with Gasteiger partial charge in [-0.25, -0.2) is 0 Å². The van der Waals surface area contributed by atoms with Crippen LogP contribution in [-0.4, -0.2) is 16.4 Å². The van der Waals surface area contributed by atoms with Gasteiger partial charge in [0.25, 0.3) is 0 Å². The van der Waals surface area contributed by atoms with Crippen LogP contribution in [0, 0.1) is 0 Å². The number of rotatable bonds is 15. The van der Waals surface area contributed by atoms with Crippen molar-refractivity contribution in [1.82, 2.24) is 0 Å². The topological polar surface area (TPSA) is 9.23 Å². The molecule has 0 atom stereocenters. The quantitative estimate of drug-likeness (QED) is 0.271. The van der Waals surface area contributed by atoms with Crippen molar-refractivity contribution in [3.05, 3.63) is 0 Å². The van der Waals surface area contributed by atoms with Gasteiger partial charge in [-0.2, -0.15) is 0 Å². The van der Waals surface area contributed by atoms with E-state index < -0.39 is 0 Å². The van der Waals surface area contributed by atoms with Crippen molar-refractivity contribution in [3.63, 3.8) is 0 Å². The van der Waals surface area contributed by atoms with Gasteiger partial charge in [0.15, 0.2) is 0 Å². The molecule has 0 heterocycles. The molecule has 0 bridgehead atoms. The van der Waals surface area contributed by atoms with E-state index >= 15 is 0 Å². The molecule has 1 nitrogen and oxygen atoms in total. The normalized spacial score (nSPS) is 11.0. The molecule has 0 aliphatic carbocycles. The Morgan fingerprint density at radius 1 is 0.611 bits per heavy atom. The summed E-state index contributed by atoms with van der Waals surface area (Å²) in [6.45, 7) is 5.36. The van der Waals surface area contributed by atoms with E-state index in [1.807, 2.05) is 0 Å². The molecule has 0 aromatic carbocycles. The monoisotopic (exact) mass is 270 g/mol. The number of unbranched alkanes of at least 4 members (excludes halogenated alkanes) is 12. The summed E-state index contributed by atoms with van der Waals surface area (Å²) in [4.78, 5) is 0. The van der Waals surface area contributed by atoms with Crippen molar-refractivity contribution >= 4 is 9.76 Å². The van der Waals surface area contributed by atoms with E-state index in [0.29, 0.717) is 9.76 Å². The van der Waals surface area contributed by atoms with E-state index in [-0.39, 0.29) is 0 Å². The third-order valence-corrected chi connectivity index (χ3v) is 3.99. The van der Waals surface area contributed by atoms with Crippen LogP contribution in [0.2, 0.25) is 6.55 Å². The highest BCUT2D eigenvalue weighted by molar-refractivity contribution is 6.24. The van der Waals surface area contributed by atoms with Gasteiger partial charge >= 0.3 is 0 Å². The first-order chi connectivity index (χ1) is 8.91. The maximum atomic E-state index is 5.36. The second-order valence-electron chi connectivity index (χ2n) is 5.30. The second kappa shape index (κ2) is 17.2. The van der Waals surface area contributed by atoms with E-state index in [1.165, 1.54) is 83.5 Å². The third kappa shape index (κ3) is 16.2. The first-order valence-corrected chi connectivity index (χ1v) is 9.61. The van der Waals surface area contributed by atoms with Crippen molar-refractivity contribution in [1.29, 1.82) is 0 Å². The maximum absolute atomic E-state index is 5.36. The summed E-state index contributed by atoms with van der Waals surface area (Å²) in [5, 5.41) is 0. The van der Waals surface area contributed by atoms with Crippen molar-refractivity contribution < 1.29 is 4.43 Å². The fourth-order valence-corrected chi connectivity index (χ4v) is 2.64. The molecule has 0 rings (SSSR count). The summed E-state index contributed by atoms with van der Waals surface area (Å²) in [6, 6.07) is 0. The molecular weight excluding hydrogens is 236 g/mol. The molecule has 0 saturated heterocycles. The van der Waals surface area contributed by atoms with Gasteiger partial charge in [0.1, 0.15) is 0 Å². The Kier molecular flexibility index (Phi) is 17.3. The van der Waals surface area contributed by atoms with E-state index in [4.69, 9.17) is 4.43 Å². The molecule has 0 aliphatic heterocycles. The third-order valence-electron chi connectivity index (χ3n) is 3.49. The predicted octanol–water partition coefficient (Wildman–Crippen LogP) is 5.76. The molecule has 2 heteroatoms. The fourth-order valence-electron chi connectivity index (χ4n) is 2.29. The molecule has 0 saturated carbocycles. The Balaban J connectivity index is 2.86. The summed E-state index contributed by atoms with van der Waals surface area (Å²) in [5.74, 6) is 0. The lowest BCUT2D eigenvalue weighted by Gasteiger charge is -2.03. The van der Waals surface area contributed by atoms with E-state index in [0.717, 1.165) is 6.61 Å². The average Bonchev–Trinajstić information content (AvgIpc) is 2.39. The highest BCUT2D eigenvalue weighted by Gasteiger charge is 1.93. The van der Waals surface area contributed by atoms with E-state index in [2.05, 4.69) is 13.5 Å². The van der Waals surface area contributed by atoms with Crippen molar-refractivity contribution in [2.75, 3.05) is 6.61 Å². The summed E-state index contributed by atoms with van der Waals surface area (Å²) < 4.78 is 5.36. The first kappa shape index (κ1) is 18.2. The van der Waals surface area contributed by atoms with Crippen LogP contribution in [0.25, 0.3) is 0 Å². The number of hydrogen-bond acceptors (Lipinski definition) is 1. The molecule has 0 amide bonds. The fraction of sp³-hybridized carbons (Fsp3) is 1.00. The molecule has 108 valence electrons. The Morgan fingerprint density at radius 2 is 1.00 bits per heavy atom. The van der Waals surface area contributed by atoms with Crippen LogP contribution in [-0.2, 0) is 4.43 Å². The summed E-state index contributed by atoms with van der Waals surface area (Å²) in [5.41, 5.74) is 0. The molecule has 0 N–H and O–H groups in total. The van der Waals surface area contributed by atoms with E-state index in [9.17, 15) is 0 Å². The Labute approximate surface area is 118 Å². The van der Waals surface area contributed by atoms with Crippen molar-refractivity contribution in [3.8, 4) is 0 Å². The smallest absolute Gasteiger partial charge is 0.226 e. The van der Waals surface area contributed by atoms with Gasteiger partial charge in [-0.15, -0.1) is 0 Å². The van der Waals surface area contributed by atoms with Gasteiger partial charge in [0.2, 0.25) is 9.76 Å². The first-order valence-electron chi connectivity index (χ1n) is 8.20. The molecule has 0 unspecified atom stereocenters. The molecule has 18 heavy (non-hydrogen) atoms. The molecule has 0 aromatic heterocycles. The molecule has 0 fully saturated rings. The second-order valence-corrected chi connectivity index (χ2v) is 5.99. The van der Waals surface area contributed by atoms with Crippen LogP contribution < -0.4 is 0 Å². The SMILES string of the molecule is CCCCCCCCCCCCCCCO[Si]C. The lowest BCUT2D eigenvalue weighted by Crippen LogP contribution is -1.95. The molecule has 0 aromatic rings. The maximum Gasteiger partial charge on any atom is 0.226 e. The van der Waals surface area contributed by atoms with Gasteiger partial charge in [0.05, 0.1) is 0 Å². The zero-order valence-electron chi connectivity index (χ0n) is 12.8. The van der Waals surface area contributed by atoms with Crippen LogP contribution >= 0.6 is 0 Å². The zero-order valence-corrected chi connectivity index (χ0v) is 13.8. The van der Waals surface area contributed by atoms with Crippen molar-refractivity contribution in [2.24, 2.45) is 0 Å². The molecular formula is C16H34OSi. The summed E-state index contributed by atoms with van der Waals surface area (Å²) in [6.07, 6.45) is 18.5. The number of hydrogen-bond donors (Lipinski definition) is 0. The van der Waals surface area contributed by atoms with Crippen LogP contribution in [0.5, 0.6) is 0 Å². The Bertz CT molecular complexity index is 123. The highest BCUT2D eigenvalue weighted by atomic mass is 28.2. The van der Waals surface area contributed by atoms with Gasteiger partial charge in [-0.1, -0.05) is 84.0 Å². The summed E-state index contributed by atoms with van der Waals surface area (Å²) in [7, 11) is 0.669. The van der Waals surface area contributed by atoms with Crippen LogP contribution in [0.3, 0.4) is 0 Å². The minimum atomic E-state index is 0.669. The minimum Gasteiger partial charge on any atom is -0.418 e. The van der Waals surface area contributed by atoms with Gasteiger partial charge < -0.3 is 4.43 Å². The summed E-state index contributed by atoms with van der Waals surface area (Å²) >= 11 is 0. The average molecular weight is 271 g/mol. The molecule has 0 aliphatic rings. The van der Waals surface area contributed by atoms with Gasteiger partial charge in [-0.3, -0.25) is 0 Å². The predicted molar refractivity (Wildman–Crippen MR) is 83.3 cm³/mol. The lowest BCUT2D eigenvalue weighted by atomic mass is 10.0. The Hall–Kier alpha value is 0.177. The molecule has 2 radical (unpaired) electrons. The van der Waals surface area contributed by atoms with Gasteiger partial charge in [-0.05, 0) is 13.0 Å². The standard InChI is InChI=1S/C16H34OSi/c1-3-4-5-6-7-8-9-10-11-12-13-14-15-16-17-18-2/h3-16H2,1-2H3. The Morgan fingerprint density at radius 3 is 1.39 bits per heavy atom. The van der Waals surface area contributed by atoms with Crippen LogP contribution in [0.1, 0.15) is 90.4 Å². The van der Waals surface area contributed by atoms with Gasteiger partial charge in [0, 0.05) is 6.61 Å². The van der Waals surface area contributed by atoms with Crippen LogP contribution in [0.4, 0.5) is 0 Å². The zero-order chi connectivity index (χ0) is 13.3. The highest BCUT2D eigenvalue weighted by Crippen LogP contribution is 2.12. The largest absolute Gasteiger partial charge is 0.418 e. The van der Waals surface area contributed by atoms with Crippen LogP contribution in [0.15, 0.2) is 0 Å². The minimum absolute atomic E-state index is 0.669. The van der Waals surface area contributed by atoms with Crippen molar-refractivity contribution in [2.45, 2.75) is 96.9 Å². The lowest BCUT2D eigenvalue weighted by molar-refractivity contribution is 0.323.